The van der Waals surface area contributed by atoms with Gasteiger partial charge in [-0.1, -0.05) is 308 Å². The first-order chi connectivity index (χ1) is 61.2. The summed E-state index contributed by atoms with van der Waals surface area (Å²) >= 11 is 8.40. The number of halogens is 2. The lowest BCUT2D eigenvalue weighted by Crippen LogP contribution is -2.87. The Bertz CT molecular complexity index is 5390. The quantitative estimate of drug-likeness (QED) is 0.0291. The van der Waals surface area contributed by atoms with Crippen molar-refractivity contribution in [2.24, 2.45) is 142 Å². The lowest BCUT2D eigenvalue weighted by molar-refractivity contribution is -0.434. The van der Waals surface area contributed by atoms with Crippen LogP contribution in [0.25, 0.3) is 55.7 Å². The van der Waals surface area contributed by atoms with Crippen LogP contribution in [0.2, 0.25) is 0 Å². The highest BCUT2D eigenvalue weighted by Crippen LogP contribution is 2.93. The molecule has 18 aliphatic rings. The molecule has 0 bridgehead atoms. The molecule has 0 saturated heterocycles. The van der Waals surface area contributed by atoms with Gasteiger partial charge in [-0.15, -0.1) is 0 Å². The summed E-state index contributed by atoms with van der Waals surface area (Å²) in [6, 6.07) is 74.4. The third kappa shape index (κ3) is 10.4. The number of benzene rings is 9. The van der Waals surface area contributed by atoms with Crippen molar-refractivity contribution in [3.8, 4) is 44.5 Å². The second-order valence-electron chi connectivity index (χ2n) is 45.2. The standard InChI is InChI=1S/C122H132Br2/c1-5-9-13-17-21-25-29-67-33-41-71(42-34-67)121(72-43-35-68(36-44-72)30-26-22-18-14-10-6-2)97-63-83-77-51-49-75(123)57-89(77)101(93-61-95-103(93)111-109(95)117-113-105-79-53-55-81(79)107(105)115(113)119(111)117)91(83)59-85(97)87-66-100-88(65-99(87)121)86-60-92-84(78-52-50-76(124)58-90(78)102(92)94-62-96-104(94)112-110(96)118-114-106-80-54-56-82(80)108(106)116(114)120(112)118)64-98(86)122(100,73-45-37-69(38-46-73)31-27-23-19-15-11-7-3)74-47-39-70(40-48-74)32-28-24-20-16-12-8-4/h33-52,57-60,63-66,79-82,95-96,103-120H,5-32,53-56,61-62H2,1-4H3/b101-93-,102-94-. The van der Waals surface area contributed by atoms with E-state index in [-0.39, 0.29) is 0 Å². The Balaban J connectivity index is 0.673. The highest BCUT2D eigenvalue weighted by molar-refractivity contribution is 9.10. The van der Waals surface area contributed by atoms with E-state index in [4.69, 9.17) is 0 Å². The van der Waals surface area contributed by atoms with Gasteiger partial charge in [-0.3, -0.25) is 0 Å². The predicted molar refractivity (Wildman–Crippen MR) is 519 cm³/mol. The van der Waals surface area contributed by atoms with E-state index in [1.165, 1.54) is 309 Å². The second-order valence-corrected chi connectivity index (χ2v) is 47.0. The van der Waals surface area contributed by atoms with E-state index in [9.17, 15) is 0 Å². The molecule has 24 atom stereocenters. The smallest absolute Gasteiger partial charge is 0.0654 e. The fourth-order valence-corrected chi connectivity index (χ4v) is 36.1. The number of fused-ring (bicyclic) bond motifs is 44. The van der Waals surface area contributed by atoms with E-state index in [2.05, 4.69) is 229 Å². The molecule has 2 heteroatoms. The first kappa shape index (κ1) is 77.4. The summed E-state index contributed by atoms with van der Waals surface area (Å²) in [5.74, 6) is 24.6. The maximum absolute atomic E-state index is 4.20. The fraction of sp³-hybridized carbons (Fsp3) is 0.525. The SMILES string of the molecule is CCCCCCCCc1ccc(C2(c3ccc(CCCCCCCC)cc3)c3cc4c(cc3-c3cc5c(cc32)-c2cc3c(cc2C5(c2ccc(CCCCCCCC)cc2)c2ccc(CCCCCCCC)cc2)-c2ccc(Br)cc2/C3=C2\CC3C2C2C3C3C5C6C7CCC7C6C5C23)/C(=C2/CC3C2C2C3C3C5C6C7CCC7C6C5C23)c2cc(Br)ccc2-4)cc1. The van der Waals surface area contributed by atoms with Crippen LogP contribution in [0.3, 0.4) is 0 Å². The minimum absolute atomic E-state index is 0.639. The van der Waals surface area contributed by atoms with Gasteiger partial charge in [0.25, 0.3) is 0 Å². The highest BCUT2D eigenvalue weighted by Gasteiger charge is 2.88. The van der Waals surface area contributed by atoms with Crippen LogP contribution in [0, 0.1) is 142 Å². The summed E-state index contributed by atoms with van der Waals surface area (Å²) in [6.45, 7) is 9.42. The maximum atomic E-state index is 4.20. The summed E-state index contributed by atoms with van der Waals surface area (Å²) in [6.07, 6.45) is 44.9. The molecule has 0 heterocycles. The third-order valence-corrected chi connectivity index (χ3v) is 41.8. The van der Waals surface area contributed by atoms with Gasteiger partial charge in [0, 0.05) is 8.95 Å². The topological polar surface area (TPSA) is 0 Å². The molecule has 0 nitrogen and oxygen atoms in total. The van der Waals surface area contributed by atoms with Crippen LogP contribution < -0.4 is 0 Å². The number of aryl methyl sites for hydroxylation is 4. The van der Waals surface area contributed by atoms with Gasteiger partial charge in [-0.2, -0.15) is 0 Å². The Morgan fingerprint density at radius 2 is 0.476 bits per heavy atom. The molecular formula is C122H132Br2. The first-order valence-electron chi connectivity index (χ1n) is 52.2. The number of hydrogen-bond donors (Lipinski definition) is 0. The minimum atomic E-state index is -0.639. The van der Waals surface area contributed by atoms with E-state index in [0.29, 0.717) is 0 Å². The van der Waals surface area contributed by atoms with E-state index in [1.54, 1.807) is 36.8 Å². The van der Waals surface area contributed by atoms with E-state index in [1.807, 2.05) is 11.1 Å². The summed E-state index contributed by atoms with van der Waals surface area (Å²) in [5, 5.41) is 0. The second kappa shape index (κ2) is 29.5. The molecule has 0 aromatic heterocycles. The van der Waals surface area contributed by atoms with Crippen LogP contribution in [0.1, 0.15) is 309 Å². The molecule has 0 amide bonds. The van der Waals surface area contributed by atoms with Gasteiger partial charge in [0.15, 0.2) is 0 Å². The third-order valence-electron chi connectivity index (χ3n) is 40.8. The molecule has 124 heavy (non-hydrogen) atoms. The summed E-state index contributed by atoms with van der Waals surface area (Å²) < 4.78 is 2.43. The highest BCUT2D eigenvalue weighted by atomic mass is 79.9. The lowest BCUT2D eigenvalue weighted by atomic mass is 9.13. The molecule has 18 aliphatic carbocycles. The zero-order valence-corrected chi connectivity index (χ0v) is 78.0. The first-order valence-corrected chi connectivity index (χ1v) is 53.8. The summed E-state index contributed by atoms with van der Waals surface area (Å²) in [4.78, 5) is 0. The number of unbranched alkanes of at least 4 members (excludes halogenated alkanes) is 20. The van der Waals surface area contributed by atoms with Crippen molar-refractivity contribution in [1.82, 2.24) is 0 Å². The molecule has 9 aromatic carbocycles. The molecule has 0 N–H and O–H groups in total. The molecule has 0 spiro atoms. The Morgan fingerprint density at radius 3 is 0.766 bits per heavy atom. The lowest BCUT2D eigenvalue weighted by Gasteiger charge is -2.91. The van der Waals surface area contributed by atoms with Crippen molar-refractivity contribution < 1.29 is 0 Å². The largest absolute Gasteiger partial charge is 0.0714 e. The van der Waals surface area contributed by atoms with Gasteiger partial charge >= 0.3 is 0 Å². The van der Waals surface area contributed by atoms with Gasteiger partial charge in [0.05, 0.1) is 10.8 Å². The van der Waals surface area contributed by atoms with Crippen LogP contribution in [0.15, 0.2) is 190 Å². The van der Waals surface area contributed by atoms with Crippen molar-refractivity contribution in [3.63, 3.8) is 0 Å². The van der Waals surface area contributed by atoms with Gasteiger partial charge in [0.1, 0.15) is 0 Å². The van der Waals surface area contributed by atoms with Gasteiger partial charge in [0.2, 0.25) is 0 Å². The van der Waals surface area contributed by atoms with Crippen molar-refractivity contribution in [1.29, 1.82) is 0 Å². The monoisotopic (exact) mass is 1750 g/mol. The number of allylic oxidation sites excluding steroid dienone is 2. The van der Waals surface area contributed by atoms with Crippen LogP contribution in [-0.4, -0.2) is 0 Å². The molecule has 0 radical (unpaired) electrons. The normalized spacial score (nSPS) is 34.4. The van der Waals surface area contributed by atoms with E-state index < -0.39 is 10.8 Å². The van der Waals surface area contributed by atoms with Crippen LogP contribution in [-0.2, 0) is 36.5 Å². The Labute approximate surface area is 759 Å². The van der Waals surface area contributed by atoms with Crippen LogP contribution in [0.5, 0.6) is 0 Å². The van der Waals surface area contributed by atoms with Gasteiger partial charge in [-0.25, -0.2) is 0 Å². The minimum Gasteiger partial charge on any atom is -0.0654 e. The molecule has 634 valence electrons. The average Bonchev–Trinajstić information content (AvgIpc) is 0.685. The van der Waals surface area contributed by atoms with E-state index in [0.717, 1.165) is 168 Å². The molecule has 27 rings (SSSR count). The Hall–Kier alpha value is -6.58. The molecule has 24 unspecified atom stereocenters. The van der Waals surface area contributed by atoms with Crippen molar-refractivity contribution in [3.05, 3.63) is 279 Å². The summed E-state index contributed by atoms with van der Waals surface area (Å²) in [7, 11) is 0. The number of rotatable bonds is 32. The zero-order valence-electron chi connectivity index (χ0n) is 74.8. The maximum Gasteiger partial charge on any atom is 0.0714 e. The molecule has 14 fully saturated rings. The predicted octanol–water partition coefficient (Wildman–Crippen LogP) is 32.4. The molecule has 9 aromatic rings. The molecule has 14 saturated carbocycles. The van der Waals surface area contributed by atoms with Crippen LogP contribution >= 0.6 is 31.9 Å². The van der Waals surface area contributed by atoms with Crippen molar-refractivity contribution in [2.75, 3.05) is 0 Å². The zero-order chi connectivity index (χ0) is 82.0. The van der Waals surface area contributed by atoms with Gasteiger partial charge < -0.3 is 0 Å². The molecule has 0 aliphatic heterocycles. The Kier molecular flexibility index (Phi) is 18.4. The fourth-order valence-electron chi connectivity index (χ4n) is 35.4. The van der Waals surface area contributed by atoms with Crippen LogP contribution in [0.4, 0.5) is 0 Å². The van der Waals surface area contributed by atoms with Crippen molar-refractivity contribution >= 4 is 43.0 Å². The Morgan fingerprint density at radius 1 is 0.226 bits per heavy atom. The summed E-state index contributed by atoms with van der Waals surface area (Å²) in [5.41, 5.74) is 40.9. The van der Waals surface area contributed by atoms with Crippen molar-refractivity contribution in [2.45, 2.75) is 257 Å². The molecular weight excluding hydrogens is 1630 g/mol. The van der Waals surface area contributed by atoms with E-state index >= 15 is 0 Å². The average molecular weight is 1760 g/mol. The van der Waals surface area contributed by atoms with Gasteiger partial charge in [-0.05, 0) is 437 Å². The number of hydrogen-bond acceptors (Lipinski definition) is 0.